The van der Waals surface area contributed by atoms with Crippen LogP contribution in [0.2, 0.25) is 0 Å². The van der Waals surface area contributed by atoms with Gasteiger partial charge in [-0.1, -0.05) is 30.3 Å². The molecule has 0 radical (unpaired) electrons. The van der Waals surface area contributed by atoms with E-state index >= 15 is 0 Å². The van der Waals surface area contributed by atoms with Crippen LogP contribution in [0.3, 0.4) is 0 Å². The van der Waals surface area contributed by atoms with Crippen LogP contribution in [0.5, 0.6) is 0 Å². The van der Waals surface area contributed by atoms with E-state index in [4.69, 9.17) is 0 Å². The van der Waals surface area contributed by atoms with Crippen molar-refractivity contribution in [1.29, 1.82) is 0 Å². The highest BCUT2D eigenvalue weighted by Crippen LogP contribution is 2.32. The number of piperazine rings is 1. The summed E-state index contributed by atoms with van der Waals surface area (Å²) >= 11 is 0. The second kappa shape index (κ2) is 8.24. The van der Waals surface area contributed by atoms with Gasteiger partial charge in [-0.3, -0.25) is 4.90 Å². The summed E-state index contributed by atoms with van der Waals surface area (Å²) in [6.07, 6.45) is 0. The molecule has 6 nitrogen and oxygen atoms in total. The van der Waals surface area contributed by atoms with E-state index in [-0.39, 0.29) is 17.7 Å². The van der Waals surface area contributed by atoms with Crippen molar-refractivity contribution < 1.29 is 8.78 Å². The van der Waals surface area contributed by atoms with Crippen LogP contribution < -0.4 is 4.90 Å². The number of aromatic nitrogens is 4. The number of para-hydroxylation sites is 1. The first-order valence-electron chi connectivity index (χ1n) is 9.82. The monoisotopic (exact) mass is 398 g/mol. The smallest absolute Gasteiger partial charge is 0.173 e. The summed E-state index contributed by atoms with van der Waals surface area (Å²) < 4.78 is 30.7. The van der Waals surface area contributed by atoms with Gasteiger partial charge in [-0.15, -0.1) is 5.10 Å². The van der Waals surface area contributed by atoms with E-state index in [0.29, 0.717) is 43.3 Å². The maximum atomic E-state index is 14.7. The second-order valence-electron chi connectivity index (χ2n) is 7.47. The molecule has 2 aromatic carbocycles. The number of nitrogens with zero attached hydrogens (tertiary/aromatic N) is 6. The van der Waals surface area contributed by atoms with E-state index in [1.807, 2.05) is 30.9 Å². The summed E-state index contributed by atoms with van der Waals surface area (Å²) in [5.74, 6) is 0.104. The van der Waals surface area contributed by atoms with Crippen molar-refractivity contribution in [3.8, 4) is 0 Å². The van der Waals surface area contributed by atoms with Gasteiger partial charge in [0.05, 0.1) is 11.7 Å². The lowest BCUT2D eigenvalue weighted by Crippen LogP contribution is -2.48. The minimum Gasteiger partial charge on any atom is -0.367 e. The highest BCUT2D eigenvalue weighted by Gasteiger charge is 2.33. The van der Waals surface area contributed by atoms with Gasteiger partial charge < -0.3 is 4.90 Å². The molecule has 1 aromatic heterocycles. The maximum absolute atomic E-state index is 14.7. The molecular weight excluding hydrogens is 374 g/mol. The van der Waals surface area contributed by atoms with Gasteiger partial charge in [0.25, 0.3) is 0 Å². The molecule has 0 aliphatic carbocycles. The third-order valence-corrected chi connectivity index (χ3v) is 5.32. The summed E-state index contributed by atoms with van der Waals surface area (Å²) in [6.45, 7) is 6.53. The van der Waals surface area contributed by atoms with E-state index in [0.717, 1.165) is 0 Å². The molecule has 2 heterocycles. The summed E-state index contributed by atoms with van der Waals surface area (Å²) in [6, 6.07) is 13.2. The predicted molar refractivity (Wildman–Crippen MR) is 107 cm³/mol. The Labute approximate surface area is 168 Å². The third kappa shape index (κ3) is 3.85. The third-order valence-electron chi connectivity index (χ3n) is 5.32. The van der Waals surface area contributed by atoms with Gasteiger partial charge in [0, 0.05) is 31.7 Å². The fraction of sp³-hybridized carbons (Fsp3) is 0.381. The van der Waals surface area contributed by atoms with Crippen LogP contribution in [0, 0.1) is 11.6 Å². The lowest BCUT2D eigenvalue weighted by Gasteiger charge is -2.40. The van der Waals surface area contributed by atoms with Crippen molar-refractivity contribution in [2.45, 2.75) is 25.9 Å². The van der Waals surface area contributed by atoms with Gasteiger partial charge in [-0.05, 0) is 42.5 Å². The Morgan fingerprint density at radius 2 is 1.52 bits per heavy atom. The maximum Gasteiger partial charge on any atom is 0.173 e. The van der Waals surface area contributed by atoms with Crippen molar-refractivity contribution >= 4 is 5.69 Å². The van der Waals surface area contributed by atoms with E-state index in [2.05, 4.69) is 20.4 Å². The predicted octanol–water partition coefficient (Wildman–Crippen LogP) is 3.44. The first kappa shape index (κ1) is 19.4. The van der Waals surface area contributed by atoms with Crippen LogP contribution >= 0.6 is 0 Å². The van der Waals surface area contributed by atoms with Gasteiger partial charge in [-0.2, -0.15) is 0 Å². The molecule has 1 fully saturated rings. The molecule has 1 saturated heterocycles. The zero-order valence-corrected chi connectivity index (χ0v) is 16.5. The van der Waals surface area contributed by atoms with Gasteiger partial charge in [-0.25, -0.2) is 13.5 Å². The largest absolute Gasteiger partial charge is 0.367 e. The van der Waals surface area contributed by atoms with Crippen LogP contribution in [0.1, 0.15) is 37.3 Å². The lowest BCUT2D eigenvalue weighted by molar-refractivity contribution is 0.195. The topological polar surface area (TPSA) is 50.1 Å². The molecule has 1 aliphatic heterocycles. The molecule has 152 valence electrons. The number of rotatable bonds is 5. The Morgan fingerprint density at radius 3 is 2.17 bits per heavy atom. The molecule has 0 unspecified atom stereocenters. The second-order valence-corrected chi connectivity index (χ2v) is 7.47. The van der Waals surface area contributed by atoms with Crippen LogP contribution in [0.4, 0.5) is 14.5 Å². The van der Waals surface area contributed by atoms with Crippen LogP contribution in [0.15, 0.2) is 48.5 Å². The van der Waals surface area contributed by atoms with E-state index in [1.165, 1.54) is 12.1 Å². The quantitative estimate of drug-likeness (QED) is 0.659. The number of hydrogen-bond acceptors (Lipinski definition) is 5. The van der Waals surface area contributed by atoms with Gasteiger partial charge >= 0.3 is 0 Å². The Balaban J connectivity index is 1.64. The van der Waals surface area contributed by atoms with Gasteiger partial charge in [0.15, 0.2) is 5.82 Å². The van der Waals surface area contributed by atoms with E-state index < -0.39 is 6.04 Å². The SMILES string of the molecule is CC(C)n1nnnc1[C@@H](c1ccccc1F)N1CCN(c2ccccc2F)CC1. The number of tetrazole rings is 1. The fourth-order valence-corrected chi connectivity index (χ4v) is 3.87. The highest BCUT2D eigenvalue weighted by atomic mass is 19.1. The Morgan fingerprint density at radius 1 is 0.862 bits per heavy atom. The van der Waals surface area contributed by atoms with Crippen molar-refractivity contribution in [2.24, 2.45) is 0 Å². The minimum atomic E-state index is -0.406. The zero-order chi connectivity index (χ0) is 20.4. The molecule has 4 rings (SSSR count). The van der Waals surface area contributed by atoms with Gasteiger partial charge in [0.1, 0.15) is 17.7 Å². The molecule has 0 bridgehead atoms. The van der Waals surface area contributed by atoms with E-state index in [9.17, 15) is 8.78 Å². The summed E-state index contributed by atoms with van der Waals surface area (Å²) in [4.78, 5) is 4.19. The molecule has 29 heavy (non-hydrogen) atoms. The van der Waals surface area contributed by atoms with Crippen LogP contribution in [-0.2, 0) is 0 Å². The molecule has 0 spiro atoms. The number of benzene rings is 2. The molecule has 3 aromatic rings. The lowest BCUT2D eigenvalue weighted by atomic mass is 10.0. The first-order chi connectivity index (χ1) is 14.1. The number of halogens is 2. The van der Waals surface area contributed by atoms with Crippen LogP contribution in [-0.4, -0.2) is 51.3 Å². The van der Waals surface area contributed by atoms with Gasteiger partial charge in [0.2, 0.25) is 0 Å². The molecular formula is C21H24F2N6. The fourth-order valence-electron chi connectivity index (χ4n) is 3.87. The first-order valence-corrected chi connectivity index (χ1v) is 9.82. The summed E-state index contributed by atoms with van der Waals surface area (Å²) in [5.41, 5.74) is 1.14. The van der Waals surface area contributed by atoms with Crippen molar-refractivity contribution in [1.82, 2.24) is 25.1 Å². The standard InChI is InChI=1S/C21H24F2N6/c1-15(2)29-21(24-25-26-29)20(16-7-3-4-8-17(16)22)28-13-11-27(12-14-28)19-10-6-5-9-18(19)23/h3-10,15,20H,11-14H2,1-2H3/t20-/m1/s1. The molecule has 1 atom stereocenters. The summed E-state index contributed by atoms with van der Waals surface area (Å²) in [5, 5.41) is 12.2. The average molecular weight is 398 g/mol. The Hall–Kier alpha value is -2.87. The van der Waals surface area contributed by atoms with Crippen molar-refractivity contribution in [2.75, 3.05) is 31.1 Å². The number of hydrogen-bond donors (Lipinski definition) is 0. The summed E-state index contributed by atoms with van der Waals surface area (Å²) in [7, 11) is 0. The molecule has 1 aliphatic rings. The molecule has 0 N–H and O–H groups in total. The highest BCUT2D eigenvalue weighted by molar-refractivity contribution is 5.48. The molecule has 8 heteroatoms. The van der Waals surface area contributed by atoms with E-state index in [1.54, 1.807) is 28.9 Å². The molecule has 0 saturated carbocycles. The minimum absolute atomic E-state index is 0.0500. The van der Waals surface area contributed by atoms with Crippen LogP contribution in [0.25, 0.3) is 0 Å². The van der Waals surface area contributed by atoms with Crippen molar-refractivity contribution in [3.05, 3.63) is 71.6 Å². The molecule has 0 amide bonds. The Bertz CT molecular complexity index is 965. The average Bonchev–Trinajstić information content (AvgIpc) is 3.20. The zero-order valence-electron chi connectivity index (χ0n) is 16.5. The van der Waals surface area contributed by atoms with Crippen molar-refractivity contribution in [3.63, 3.8) is 0 Å². The Kier molecular flexibility index (Phi) is 5.53. The normalized spacial score (nSPS) is 16.4. The number of anilines is 1.